The van der Waals surface area contributed by atoms with Crippen molar-refractivity contribution in [1.82, 2.24) is 0 Å². The number of benzene rings is 1. The van der Waals surface area contributed by atoms with Gasteiger partial charge in [0, 0.05) is 6.08 Å². The van der Waals surface area contributed by atoms with Crippen LogP contribution in [-0.4, -0.2) is 0 Å². The first-order chi connectivity index (χ1) is 15.3. The minimum atomic E-state index is 0.805. The van der Waals surface area contributed by atoms with Gasteiger partial charge in [0.2, 0.25) is 0 Å². The van der Waals surface area contributed by atoms with Crippen LogP contribution in [0.5, 0.6) is 0 Å². The quantitative estimate of drug-likeness (QED) is 0.212. The third-order valence-electron chi connectivity index (χ3n) is 8.01. The molecule has 2 saturated carbocycles. The number of hydrogen-bond donors (Lipinski definition) is 0. The molecule has 0 unspecified atom stereocenters. The first-order valence-corrected chi connectivity index (χ1v) is 13.1. The lowest BCUT2D eigenvalue weighted by molar-refractivity contribution is 0.157. The number of unbranched alkanes of at least 4 members (excludes halogenated alkanes) is 2. The van der Waals surface area contributed by atoms with Crippen LogP contribution in [0.25, 0.3) is 0 Å². The molecule has 2 aliphatic carbocycles. The lowest BCUT2D eigenvalue weighted by atomic mass is 9.68. The molecular weight excluding hydrogens is 374 g/mol. The van der Waals surface area contributed by atoms with Gasteiger partial charge in [-0.25, -0.2) is 0 Å². The third kappa shape index (κ3) is 7.99. The molecule has 1 nitrogen and oxygen atoms in total. The number of allylic oxidation sites excluding steroid dienone is 4. The molecule has 1 aromatic carbocycles. The van der Waals surface area contributed by atoms with Gasteiger partial charge in [-0.3, -0.25) is 0 Å². The van der Waals surface area contributed by atoms with Crippen molar-refractivity contribution in [2.75, 3.05) is 0 Å². The lowest BCUT2D eigenvalue weighted by Gasteiger charge is -2.38. The summed E-state index contributed by atoms with van der Waals surface area (Å²) in [5.74, 6) is 3.71. The van der Waals surface area contributed by atoms with Crippen molar-refractivity contribution >= 4 is 0 Å². The Hall–Kier alpha value is -1.81. The van der Waals surface area contributed by atoms with E-state index in [1.807, 2.05) is 18.2 Å². The van der Waals surface area contributed by atoms with Crippen LogP contribution in [-0.2, 0) is 6.42 Å². The molecular formula is C30H43N. The molecule has 0 aromatic heterocycles. The Morgan fingerprint density at radius 2 is 1.55 bits per heavy atom. The summed E-state index contributed by atoms with van der Waals surface area (Å²) >= 11 is 0. The zero-order chi connectivity index (χ0) is 21.7. The Kier molecular flexibility index (Phi) is 10.4. The zero-order valence-corrected chi connectivity index (χ0v) is 19.8. The van der Waals surface area contributed by atoms with E-state index in [4.69, 9.17) is 5.26 Å². The fraction of sp³-hybridized carbons (Fsp3) is 0.633. The number of rotatable bonds is 10. The Balaban J connectivity index is 1.34. The molecule has 2 fully saturated rings. The normalized spacial score (nSPS) is 27.0. The van der Waals surface area contributed by atoms with E-state index in [1.165, 1.54) is 89.0 Å². The van der Waals surface area contributed by atoms with Gasteiger partial charge in [-0.05, 0) is 99.0 Å². The largest absolute Gasteiger partial charge is 0.193 e. The fourth-order valence-corrected chi connectivity index (χ4v) is 6.01. The van der Waals surface area contributed by atoms with Crippen LogP contribution in [0.2, 0.25) is 0 Å². The molecule has 0 N–H and O–H groups in total. The molecule has 0 amide bonds. The van der Waals surface area contributed by atoms with Crippen molar-refractivity contribution < 1.29 is 0 Å². The molecule has 31 heavy (non-hydrogen) atoms. The van der Waals surface area contributed by atoms with Crippen LogP contribution in [0.1, 0.15) is 107 Å². The highest BCUT2D eigenvalue weighted by Gasteiger charge is 2.31. The van der Waals surface area contributed by atoms with E-state index in [0.29, 0.717) is 0 Å². The fourth-order valence-electron chi connectivity index (χ4n) is 6.01. The number of nitriles is 1. The van der Waals surface area contributed by atoms with Crippen molar-refractivity contribution in [2.45, 2.75) is 103 Å². The Morgan fingerprint density at radius 3 is 2.19 bits per heavy atom. The van der Waals surface area contributed by atoms with E-state index in [2.05, 4.69) is 37.3 Å². The lowest BCUT2D eigenvalue weighted by Crippen LogP contribution is -2.25. The highest BCUT2D eigenvalue weighted by atomic mass is 14.4. The second kappa shape index (κ2) is 13.6. The molecule has 0 heterocycles. The predicted molar refractivity (Wildman–Crippen MR) is 133 cm³/mol. The van der Waals surface area contributed by atoms with Gasteiger partial charge in [-0.1, -0.05) is 75.1 Å². The molecule has 1 heteroatoms. The van der Waals surface area contributed by atoms with E-state index in [0.717, 1.165) is 30.1 Å². The SMILES string of the molecule is CCCCCc1ccc([C@H]2CC[C@H](C3CCC(CC/C=C/C=C/C#N)CC3)CC2)cc1. The topological polar surface area (TPSA) is 23.8 Å². The molecule has 0 bridgehead atoms. The van der Waals surface area contributed by atoms with Gasteiger partial charge in [-0.15, -0.1) is 0 Å². The summed E-state index contributed by atoms with van der Waals surface area (Å²) in [7, 11) is 0. The van der Waals surface area contributed by atoms with E-state index in [9.17, 15) is 0 Å². The maximum Gasteiger partial charge on any atom is 0.0912 e. The first-order valence-electron chi connectivity index (χ1n) is 13.1. The Bertz CT molecular complexity index is 704. The minimum Gasteiger partial charge on any atom is -0.193 e. The van der Waals surface area contributed by atoms with Gasteiger partial charge in [0.15, 0.2) is 0 Å². The van der Waals surface area contributed by atoms with Crippen LogP contribution in [0.4, 0.5) is 0 Å². The van der Waals surface area contributed by atoms with Gasteiger partial charge >= 0.3 is 0 Å². The Labute approximate surface area is 191 Å². The number of nitrogens with zero attached hydrogens (tertiary/aromatic N) is 1. The van der Waals surface area contributed by atoms with Crippen molar-refractivity contribution in [2.24, 2.45) is 17.8 Å². The summed E-state index contributed by atoms with van der Waals surface area (Å²) in [6.45, 7) is 2.28. The molecule has 168 valence electrons. The van der Waals surface area contributed by atoms with E-state index >= 15 is 0 Å². The average Bonchev–Trinajstić information content (AvgIpc) is 2.82. The Morgan fingerprint density at radius 1 is 0.871 bits per heavy atom. The third-order valence-corrected chi connectivity index (χ3v) is 8.01. The molecule has 0 atom stereocenters. The van der Waals surface area contributed by atoms with Gasteiger partial charge in [-0.2, -0.15) is 5.26 Å². The highest BCUT2D eigenvalue weighted by molar-refractivity contribution is 5.26. The molecule has 1 aromatic rings. The summed E-state index contributed by atoms with van der Waals surface area (Å²) in [5, 5.41) is 8.50. The summed E-state index contributed by atoms with van der Waals surface area (Å²) in [6.07, 6.45) is 26.9. The zero-order valence-electron chi connectivity index (χ0n) is 19.8. The van der Waals surface area contributed by atoms with Crippen LogP contribution in [0, 0.1) is 29.1 Å². The maximum absolute atomic E-state index is 8.50. The highest BCUT2D eigenvalue weighted by Crippen LogP contribution is 2.44. The number of aryl methyl sites for hydroxylation is 1. The second-order valence-electron chi connectivity index (χ2n) is 10.1. The summed E-state index contributed by atoms with van der Waals surface area (Å²) < 4.78 is 0. The van der Waals surface area contributed by atoms with Crippen molar-refractivity contribution in [3.63, 3.8) is 0 Å². The van der Waals surface area contributed by atoms with E-state index in [-0.39, 0.29) is 0 Å². The average molecular weight is 418 g/mol. The molecule has 0 aliphatic heterocycles. The second-order valence-corrected chi connectivity index (χ2v) is 10.1. The molecule has 0 radical (unpaired) electrons. The maximum atomic E-state index is 8.50. The van der Waals surface area contributed by atoms with Crippen LogP contribution in [0.15, 0.2) is 48.6 Å². The summed E-state index contributed by atoms with van der Waals surface area (Å²) in [6, 6.07) is 11.7. The van der Waals surface area contributed by atoms with Crippen molar-refractivity contribution in [3.8, 4) is 6.07 Å². The van der Waals surface area contributed by atoms with Gasteiger partial charge in [0.05, 0.1) is 6.07 Å². The van der Waals surface area contributed by atoms with Crippen molar-refractivity contribution in [1.29, 1.82) is 5.26 Å². The van der Waals surface area contributed by atoms with Gasteiger partial charge < -0.3 is 0 Å². The number of hydrogen-bond acceptors (Lipinski definition) is 1. The van der Waals surface area contributed by atoms with Crippen LogP contribution in [0.3, 0.4) is 0 Å². The van der Waals surface area contributed by atoms with Gasteiger partial charge in [0.25, 0.3) is 0 Å². The van der Waals surface area contributed by atoms with Gasteiger partial charge in [0.1, 0.15) is 0 Å². The van der Waals surface area contributed by atoms with E-state index in [1.54, 1.807) is 11.6 Å². The standard InChI is InChI=1S/C30H43N/c1-2-3-7-10-25-12-16-27(17-13-25)29-20-22-30(23-21-29)28-18-14-26(15-19-28)11-8-5-4-6-9-24-31/h4-6,9,12-13,16-17,26,28-30H,2-3,7-8,10-11,14-15,18-23H2,1H3/b5-4+,9-6+/t26?,28?,29-,30-. The first kappa shape index (κ1) is 23.8. The monoisotopic (exact) mass is 417 g/mol. The van der Waals surface area contributed by atoms with Crippen molar-refractivity contribution in [3.05, 3.63) is 59.7 Å². The summed E-state index contributed by atoms with van der Waals surface area (Å²) in [5.41, 5.74) is 3.12. The predicted octanol–water partition coefficient (Wildman–Crippen LogP) is 8.92. The molecule has 0 saturated heterocycles. The van der Waals surface area contributed by atoms with Crippen LogP contribution < -0.4 is 0 Å². The van der Waals surface area contributed by atoms with Crippen LogP contribution >= 0.6 is 0 Å². The minimum absolute atomic E-state index is 0.805. The summed E-state index contributed by atoms with van der Waals surface area (Å²) in [4.78, 5) is 0. The van der Waals surface area contributed by atoms with E-state index < -0.39 is 0 Å². The molecule has 0 spiro atoms. The molecule has 3 rings (SSSR count). The smallest absolute Gasteiger partial charge is 0.0912 e. The molecule has 2 aliphatic rings.